The Hall–Kier alpha value is -4.42. The number of nitrogens with two attached hydrogens (primary N) is 1. The molecule has 0 radical (unpaired) electrons. The zero-order valence-corrected chi connectivity index (χ0v) is 16.8. The maximum atomic E-state index is 12.2. The lowest BCUT2D eigenvalue weighted by Gasteiger charge is -2.13. The molecule has 2 aromatic carbocycles. The Bertz CT molecular complexity index is 1200. The lowest BCUT2D eigenvalue weighted by molar-refractivity contribution is -0.138. The fourth-order valence-electron chi connectivity index (χ4n) is 3.07. The number of carbonyl (C=O) groups excluding carboxylic acids is 1. The van der Waals surface area contributed by atoms with Crippen LogP contribution in [0.3, 0.4) is 0 Å². The molecule has 1 aromatic heterocycles. The monoisotopic (exact) mass is 432 g/mol. The number of nitrogens with one attached hydrogen (secondary N) is 1. The fourth-order valence-corrected chi connectivity index (χ4v) is 3.07. The van der Waals surface area contributed by atoms with E-state index in [1.54, 1.807) is 42.5 Å². The number of nitrogens with zero attached hydrogens (tertiary/aromatic N) is 2. The van der Waals surface area contributed by atoms with E-state index < -0.39 is 18.0 Å². The number of aromatic hydroxyl groups is 1. The van der Waals surface area contributed by atoms with E-state index in [1.807, 2.05) is 6.07 Å². The zero-order valence-electron chi connectivity index (χ0n) is 16.8. The Morgan fingerprint density at radius 3 is 2.50 bits per heavy atom. The summed E-state index contributed by atoms with van der Waals surface area (Å²) in [5.74, 6) is -1.71. The summed E-state index contributed by atoms with van der Waals surface area (Å²) >= 11 is 0. The van der Waals surface area contributed by atoms with Crippen molar-refractivity contribution >= 4 is 23.4 Å². The quantitative estimate of drug-likeness (QED) is 0.379. The second-order valence-corrected chi connectivity index (χ2v) is 6.99. The van der Waals surface area contributed by atoms with Crippen LogP contribution in [-0.2, 0) is 9.59 Å². The average molecular weight is 432 g/mol. The number of pyridine rings is 1. The number of carbonyl (C=O) groups is 2. The van der Waals surface area contributed by atoms with Crippen molar-refractivity contribution in [2.24, 2.45) is 0 Å². The first-order valence-electron chi connectivity index (χ1n) is 9.59. The normalized spacial score (nSPS) is 11.4. The van der Waals surface area contributed by atoms with Crippen molar-refractivity contribution in [1.29, 1.82) is 5.26 Å². The minimum atomic E-state index is -1.47. The molecule has 1 atom stereocenters. The van der Waals surface area contributed by atoms with Crippen LogP contribution < -0.4 is 11.1 Å². The van der Waals surface area contributed by atoms with Crippen LogP contribution in [0.1, 0.15) is 18.4 Å². The van der Waals surface area contributed by atoms with Crippen LogP contribution in [0, 0.1) is 11.3 Å². The summed E-state index contributed by atoms with van der Waals surface area (Å²) < 4.78 is 0. The summed E-state index contributed by atoms with van der Waals surface area (Å²) in [6.45, 7) is 0. The van der Waals surface area contributed by atoms with Gasteiger partial charge >= 0.3 is 5.97 Å². The summed E-state index contributed by atoms with van der Waals surface area (Å²) in [6, 6.07) is 16.7. The van der Waals surface area contributed by atoms with Gasteiger partial charge < -0.3 is 26.4 Å². The number of aliphatic hydroxyl groups is 1. The third kappa shape index (κ3) is 5.19. The van der Waals surface area contributed by atoms with Crippen molar-refractivity contribution in [3.05, 3.63) is 60.2 Å². The Kier molecular flexibility index (Phi) is 6.68. The molecular formula is C23H20N4O5. The predicted octanol–water partition coefficient (Wildman–Crippen LogP) is 2.74. The van der Waals surface area contributed by atoms with Crippen LogP contribution in [0.25, 0.3) is 22.4 Å². The Morgan fingerprint density at radius 2 is 1.84 bits per heavy atom. The molecule has 1 amide bonds. The summed E-state index contributed by atoms with van der Waals surface area (Å²) in [4.78, 5) is 27.1. The van der Waals surface area contributed by atoms with Crippen molar-refractivity contribution < 1.29 is 24.9 Å². The highest BCUT2D eigenvalue weighted by Crippen LogP contribution is 2.32. The van der Waals surface area contributed by atoms with E-state index >= 15 is 0 Å². The zero-order chi connectivity index (χ0) is 23.3. The van der Waals surface area contributed by atoms with Gasteiger partial charge in [0.15, 0.2) is 0 Å². The molecule has 32 heavy (non-hydrogen) atoms. The highest BCUT2D eigenvalue weighted by molar-refractivity contribution is 5.95. The van der Waals surface area contributed by atoms with E-state index in [4.69, 9.17) is 10.8 Å². The van der Waals surface area contributed by atoms with E-state index in [0.29, 0.717) is 28.1 Å². The first kappa shape index (κ1) is 22.3. The molecule has 3 rings (SSSR count). The number of amides is 1. The van der Waals surface area contributed by atoms with Gasteiger partial charge in [0.2, 0.25) is 0 Å². The smallest absolute Gasteiger partial charge is 0.303 e. The molecule has 0 aliphatic carbocycles. The Morgan fingerprint density at radius 1 is 1.12 bits per heavy atom. The minimum absolute atomic E-state index is 0.0339. The van der Waals surface area contributed by atoms with Crippen LogP contribution >= 0.6 is 0 Å². The molecule has 0 saturated heterocycles. The lowest BCUT2D eigenvalue weighted by Crippen LogP contribution is -2.28. The second-order valence-electron chi connectivity index (χ2n) is 6.99. The van der Waals surface area contributed by atoms with Crippen LogP contribution in [0.4, 0.5) is 11.5 Å². The number of phenols is 1. The summed E-state index contributed by atoms with van der Waals surface area (Å²) in [7, 11) is 0. The maximum absolute atomic E-state index is 12.2. The fraction of sp³-hybridized carbons (Fsp3) is 0.130. The number of carboxylic acid groups (broad SMARTS) is 1. The third-order valence-electron chi connectivity index (χ3n) is 4.70. The van der Waals surface area contributed by atoms with Crippen LogP contribution in [0.2, 0.25) is 0 Å². The molecule has 0 spiro atoms. The largest absolute Gasteiger partial charge is 0.508 e. The van der Waals surface area contributed by atoms with Crippen molar-refractivity contribution in [2.45, 2.75) is 18.9 Å². The van der Waals surface area contributed by atoms with Gasteiger partial charge in [-0.1, -0.05) is 12.1 Å². The number of aromatic nitrogens is 1. The molecule has 162 valence electrons. The van der Waals surface area contributed by atoms with Gasteiger partial charge in [-0.15, -0.1) is 0 Å². The van der Waals surface area contributed by atoms with Gasteiger partial charge in [-0.05, 0) is 54.4 Å². The van der Waals surface area contributed by atoms with Crippen LogP contribution in [0.15, 0.2) is 54.6 Å². The van der Waals surface area contributed by atoms with Crippen molar-refractivity contribution in [1.82, 2.24) is 4.98 Å². The van der Waals surface area contributed by atoms with Gasteiger partial charge in [-0.25, -0.2) is 4.98 Å². The molecule has 6 N–H and O–H groups in total. The third-order valence-corrected chi connectivity index (χ3v) is 4.70. The number of hydrogen-bond acceptors (Lipinski definition) is 7. The first-order chi connectivity index (χ1) is 15.3. The summed E-state index contributed by atoms with van der Waals surface area (Å²) in [5, 5.41) is 40.2. The highest BCUT2D eigenvalue weighted by atomic mass is 16.4. The predicted molar refractivity (Wildman–Crippen MR) is 117 cm³/mol. The molecule has 0 saturated carbocycles. The number of hydrogen-bond donors (Lipinski definition) is 5. The lowest BCUT2D eigenvalue weighted by atomic mass is 9.98. The van der Waals surface area contributed by atoms with Gasteiger partial charge in [0, 0.05) is 23.2 Å². The second kappa shape index (κ2) is 9.59. The van der Waals surface area contributed by atoms with Gasteiger partial charge in [0.1, 0.15) is 29.3 Å². The van der Waals surface area contributed by atoms with E-state index in [2.05, 4.69) is 10.3 Å². The molecule has 9 nitrogen and oxygen atoms in total. The molecule has 0 fully saturated rings. The van der Waals surface area contributed by atoms with E-state index in [1.165, 1.54) is 12.1 Å². The van der Waals surface area contributed by atoms with Gasteiger partial charge in [-0.3, -0.25) is 9.59 Å². The molecule has 0 bridgehead atoms. The Labute approximate surface area is 183 Å². The van der Waals surface area contributed by atoms with Gasteiger partial charge in [0.25, 0.3) is 5.91 Å². The van der Waals surface area contributed by atoms with Gasteiger partial charge in [0.05, 0.1) is 5.69 Å². The molecule has 3 aromatic rings. The number of nitrogen functional groups attached to an aromatic ring is 1. The number of aliphatic hydroxyl groups excluding tert-OH is 1. The maximum Gasteiger partial charge on any atom is 0.303 e. The van der Waals surface area contributed by atoms with E-state index in [0.717, 1.165) is 0 Å². The SMILES string of the molecule is N#Cc1c(-c2cccc(NC(=O)C(O)CCC(=O)O)c2)cc(-c2ccc(O)cc2)nc1N. The number of carboxylic acids is 1. The van der Waals surface area contributed by atoms with Crippen LogP contribution in [-0.4, -0.2) is 38.3 Å². The molecule has 0 aliphatic rings. The first-order valence-corrected chi connectivity index (χ1v) is 9.59. The van der Waals surface area contributed by atoms with E-state index in [-0.39, 0.29) is 30.0 Å². The number of rotatable bonds is 7. The Balaban J connectivity index is 1.94. The summed E-state index contributed by atoms with van der Waals surface area (Å²) in [6.07, 6.45) is -2.02. The van der Waals surface area contributed by atoms with Crippen LogP contribution in [0.5, 0.6) is 5.75 Å². The molecule has 9 heteroatoms. The number of anilines is 2. The van der Waals surface area contributed by atoms with Crippen molar-refractivity contribution in [2.75, 3.05) is 11.1 Å². The molecule has 0 aliphatic heterocycles. The summed E-state index contributed by atoms with van der Waals surface area (Å²) in [5.41, 5.74) is 8.79. The molecule has 1 unspecified atom stereocenters. The van der Waals surface area contributed by atoms with Crippen molar-refractivity contribution in [3.8, 4) is 34.2 Å². The standard InChI is InChI=1S/C23H20N4O5/c24-12-18-17(11-19(27-22(18)25)13-4-6-16(28)7-5-13)14-2-1-3-15(10-14)26-23(32)20(29)8-9-21(30)31/h1-7,10-11,20,28-29H,8-9H2,(H2,25,27)(H,26,32)(H,30,31). The van der Waals surface area contributed by atoms with Crippen molar-refractivity contribution in [3.63, 3.8) is 0 Å². The molecule has 1 heterocycles. The topological polar surface area (TPSA) is 170 Å². The van der Waals surface area contributed by atoms with Gasteiger partial charge in [-0.2, -0.15) is 5.26 Å². The molecular weight excluding hydrogens is 412 g/mol. The number of nitriles is 1. The minimum Gasteiger partial charge on any atom is -0.508 e. The number of benzene rings is 2. The highest BCUT2D eigenvalue weighted by Gasteiger charge is 2.18. The number of phenolic OH excluding ortho intramolecular Hbond substituents is 1. The van der Waals surface area contributed by atoms with E-state index in [9.17, 15) is 25.1 Å². The average Bonchev–Trinajstić information content (AvgIpc) is 2.77. The number of aliphatic carboxylic acids is 1.